The van der Waals surface area contributed by atoms with Crippen LogP contribution in [0.15, 0.2) is 59.5 Å². The molecule has 3 rings (SSSR count). The average molecular weight is 450 g/mol. The second-order valence-corrected chi connectivity index (χ2v) is 11.3. The molecule has 11 heteroatoms. The van der Waals surface area contributed by atoms with Crippen molar-refractivity contribution in [3.8, 4) is 5.69 Å². The van der Waals surface area contributed by atoms with Crippen LogP contribution >= 0.6 is 0 Å². The van der Waals surface area contributed by atoms with Crippen molar-refractivity contribution in [3.63, 3.8) is 0 Å². The molecule has 0 aliphatic heterocycles. The van der Waals surface area contributed by atoms with E-state index in [0.717, 1.165) is 9.99 Å². The summed E-state index contributed by atoms with van der Waals surface area (Å²) in [6, 6.07) is 15.4. The summed E-state index contributed by atoms with van der Waals surface area (Å²) in [5.74, 6) is 0.294. The highest BCUT2D eigenvalue weighted by atomic mass is 32.2. The van der Waals surface area contributed by atoms with Crippen molar-refractivity contribution in [1.29, 1.82) is 0 Å². The van der Waals surface area contributed by atoms with E-state index in [1.807, 2.05) is 30.3 Å². The summed E-state index contributed by atoms with van der Waals surface area (Å²) in [6.45, 7) is 0. The molecule has 0 saturated carbocycles. The first-order valence-corrected chi connectivity index (χ1v) is 12.5. The number of hydrogen-bond acceptors (Lipinski definition) is 7. The first kappa shape index (κ1) is 22.1. The zero-order chi connectivity index (χ0) is 21.8. The fraction of sp³-hybridized carbons (Fsp3) is 0.316. The fourth-order valence-corrected chi connectivity index (χ4v) is 5.30. The van der Waals surface area contributed by atoms with Gasteiger partial charge in [0.2, 0.25) is 10.0 Å². The number of para-hydroxylation sites is 1. The van der Waals surface area contributed by atoms with Crippen molar-refractivity contribution in [3.05, 3.63) is 66.0 Å². The summed E-state index contributed by atoms with van der Waals surface area (Å²) in [4.78, 5) is 0.0715. The van der Waals surface area contributed by atoms with Gasteiger partial charge in [-0.3, -0.25) is 0 Å². The molecule has 0 unspecified atom stereocenters. The minimum Gasteiger partial charge on any atom is -0.228 e. The number of aryl methyl sites for hydroxylation is 1. The first-order chi connectivity index (χ1) is 14.2. The molecule has 0 spiro atoms. The molecule has 2 aromatic carbocycles. The molecule has 0 bridgehead atoms. The van der Waals surface area contributed by atoms with Crippen molar-refractivity contribution in [2.75, 3.05) is 19.8 Å². The third kappa shape index (κ3) is 5.29. The summed E-state index contributed by atoms with van der Waals surface area (Å²) < 4.78 is 52.3. The van der Waals surface area contributed by atoms with Crippen LogP contribution in [0.5, 0.6) is 0 Å². The SMILES string of the molecule is CN(C)S(=O)(=O)c1cccc(CS(=O)(=O)CCCc2nnnn2-c2ccccc2)c1. The highest BCUT2D eigenvalue weighted by molar-refractivity contribution is 7.90. The molecule has 1 heterocycles. The molecule has 0 amide bonds. The molecule has 0 N–H and O–H groups in total. The average Bonchev–Trinajstić information content (AvgIpc) is 3.16. The second-order valence-electron chi connectivity index (χ2n) is 6.97. The maximum atomic E-state index is 12.6. The smallest absolute Gasteiger partial charge is 0.228 e. The van der Waals surface area contributed by atoms with E-state index in [1.165, 1.54) is 26.2 Å². The molecule has 9 nitrogen and oxygen atoms in total. The molecule has 0 aliphatic carbocycles. The highest BCUT2D eigenvalue weighted by Crippen LogP contribution is 2.17. The number of sulfone groups is 1. The number of sulfonamides is 1. The predicted octanol–water partition coefficient (Wildman–Crippen LogP) is 1.46. The molecular weight excluding hydrogens is 426 g/mol. The van der Waals surface area contributed by atoms with Crippen molar-refractivity contribution >= 4 is 19.9 Å². The van der Waals surface area contributed by atoms with E-state index < -0.39 is 19.9 Å². The van der Waals surface area contributed by atoms with E-state index in [0.29, 0.717) is 24.2 Å². The quantitative estimate of drug-likeness (QED) is 0.486. The van der Waals surface area contributed by atoms with E-state index in [1.54, 1.807) is 16.8 Å². The van der Waals surface area contributed by atoms with E-state index >= 15 is 0 Å². The van der Waals surface area contributed by atoms with Gasteiger partial charge in [0, 0.05) is 20.5 Å². The summed E-state index contributed by atoms with van der Waals surface area (Å²) >= 11 is 0. The Bertz CT molecular complexity index is 1210. The summed E-state index contributed by atoms with van der Waals surface area (Å²) in [5.41, 5.74) is 1.24. The zero-order valence-electron chi connectivity index (χ0n) is 16.7. The minimum atomic E-state index is -3.62. The van der Waals surface area contributed by atoms with Crippen LogP contribution in [0.3, 0.4) is 0 Å². The molecule has 3 aromatic rings. The second kappa shape index (κ2) is 9.02. The summed E-state index contributed by atoms with van der Waals surface area (Å²) in [6.07, 6.45) is 0.751. The van der Waals surface area contributed by atoms with E-state index in [2.05, 4.69) is 15.5 Å². The lowest BCUT2D eigenvalue weighted by Crippen LogP contribution is -2.22. The van der Waals surface area contributed by atoms with Gasteiger partial charge in [0.1, 0.15) is 0 Å². The topological polar surface area (TPSA) is 115 Å². The van der Waals surface area contributed by atoms with Gasteiger partial charge in [-0.25, -0.2) is 21.1 Å². The van der Waals surface area contributed by atoms with Gasteiger partial charge in [-0.1, -0.05) is 30.3 Å². The lowest BCUT2D eigenvalue weighted by molar-refractivity contribution is 0.520. The van der Waals surface area contributed by atoms with Crippen LogP contribution in [0.2, 0.25) is 0 Å². The number of nitrogens with zero attached hydrogens (tertiary/aromatic N) is 5. The number of benzene rings is 2. The Balaban J connectivity index is 1.65. The van der Waals surface area contributed by atoms with Gasteiger partial charge in [0.25, 0.3) is 0 Å². The van der Waals surface area contributed by atoms with Gasteiger partial charge in [-0.05, 0) is 46.7 Å². The lowest BCUT2D eigenvalue weighted by atomic mass is 10.2. The van der Waals surface area contributed by atoms with Gasteiger partial charge < -0.3 is 0 Å². The van der Waals surface area contributed by atoms with E-state index in [4.69, 9.17) is 0 Å². The maximum absolute atomic E-state index is 12.6. The molecule has 0 radical (unpaired) electrons. The Morgan fingerprint density at radius 3 is 2.40 bits per heavy atom. The normalized spacial score (nSPS) is 12.4. The Labute approximate surface area is 176 Å². The van der Waals surface area contributed by atoms with Crippen LogP contribution in [-0.4, -0.2) is 61.2 Å². The number of rotatable bonds is 9. The van der Waals surface area contributed by atoms with Crippen molar-refractivity contribution in [2.24, 2.45) is 0 Å². The van der Waals surface area contributed by atoms with Crippen molar-refractivity contribution in [1.82, 2.24) is 24.5 Å². The predicted molar refractivity (Wildman–Crippen MR) is 112 cm³/mol. The monoisotopic (exact) mass is 449 g/mol. The van der Waals surface area contributed by atoms with Crippen LogP contribution in [0.1, 0.15) is 17.8 Å². The van der Waals surface area contributed by atoms with Gasteiger partial charge >= 0.3 is 0 Å². The Hall–Kier alpha value is -2.63. The highest BCUT2D eigenvalue weighted by Gasteiger charge is 2.19. The molecular formula is C19H23N5O4S2. The maximum Gasteiger partial charge on any atom is 0.242 e. The lowest BCUT2D eigenvalue weighted by Gasteiger charge is -2.12. The number of tetrazole rings is 1. The molecule has 30 heavy (non-hydrogen) atoms. The van der Waals surface area contributed by atoms with Gasteiger partial charge in [0.15, 0.2) is 15.7 Å². The third-order valence-electron chi connectivity index (χ3n) is 4.45. The zero-order valence-corrected chi connectivity index (χ0v) is 18.3. The number of hydrogen-bond donors (Lipinski definition) is 0. The molecule has 0 atom stereocenters. The molecule has 0 fully saturated rings. The third-order valence-corrected chi connectivity index (χ3v) is 7.95. The van der Waals surface area contributed by atoms with E-state index in [9.17, 15) is 16.8 Å². The van der Waals surface area contributed by atoms with Gasteiger partial charge in [-0.15, -0.1) is 5.10 Å². The van der Waals surface area contributed by atoms with Crippen LogP contribution in [0.25, 0.3) is 5.69 Å². The standard InChI is InChI=1S/C19H23N5O4S2/c1-23(2)30(27,28)18-11-6-8-16(14-18)15-29(25,26)13-7-12-19-20-21-22-24(19)17-9-4-3-5-10-17/h3-6,8-11,14H,7,12-13,15H2,1-2H3. The molecule has 0 saturated heterocycles. The van der Waals surface area contributed by atoms with Crippen molar-refractivity contribution < 1.29 is 16.8 Å². The van der Waals surface area contributed by atoms with Crippen LogP contribution < -0.4 is 0 Å². The molecule has 1 aromatic heterocycles. The largest absolute Gasteiger partial charge is 0.242 e. The number of aromatic nitrogens is 4. The van der Waals surface area contributed by atoms with Crippen LogP contribution in [-0.2, 0) is 32.0 Å². The van der Waals surface area contributed by atoms with Gasteiger partial charge in [-0.2, -0.15) is 4.68 Å². The summed E-state index contributed by atoms with van der Waals surface area (Å²) in [5, 5.41) is 11.6. The fourth-order valence-electron chi connectivity index (χ4n) is 2.91. The Morgan fingerprint density at radius 2 is 1.70 bits per heavy atom. The first-order valence-electron chi connectivity index (χ1n) is 9.24. The van der Waals surface area contributed by atoms with E-state index in [-0.39, 0.29) is 16.4 Å². The Morgan fingerprint density at radius 1 is 0.967 bits per heavy atom. The van der Waals surface area contributed by atoms with Gasteiger partial charge in [0.05, 0.1) is 22.1 Å². The summed E-state index contributed by atoms with van der Waals surface area (Å²) in [7, 11) is -4.19. The Kier molecular flexibility index (Phi) is 6.64. The molecule has 0 aliphatic rings. The van der Waals surface area contributed by atoms with Crippen LogP contribution in [0, 0.1) is 0 Å². The minimum absolute atomic E-state index is 0.0562. The molecule has 160 valence electrons. The van der Waals surface area contributed by atoms with Crippen LogP contribution in [0.4, 0.5) is 0 Å². The van der Waals surface area contributed by atoms with Crippen molar-refractivity contribution in [2.45, 2.75) is 23.5 Å².